The van der Waals surface area contributed by atoms with Crippen molar-refractivity contribution < 1.29 is 93.9 Å². The Balaban J connectivity index is 0.000000142. The molecule has 0 aliphatic carbocycles. The predicted molar refractivity (Wildman–Crippen MR) is 294 cm³/mol. The molecule has 464 valence electrons. The van der Waals surface area contributed by atoms with Gasteiger partial charge in [-0.15, -0.1) is 77.1 Å². The molecule has 90 heavy (non-hydrogen) atoms. The maximum absolute atomic E-state index is 12.5. The summed E-state index contributed by atoms with van der Waals surface area (Å²) < 4.78 is 175. The number of thiophene rings is 5. The number of aromatic nitrogens is 10. The number of pyridine rings is 2. The molecule has 4 amide bonds. The van der Waals surface area contributed by atoms with Gasteiger partial charge in [0, 0.05) is 12.4 Å². The van der Waals surface area contributed by atoms with Crippen LogP contribution in [0.2, 0.25) is 0 Å². The van der Waals surface area contributed by atoms with Crippen LogP contribution in [0.15, 0.2) is 153 Å². The van der Waals surface area contributed by atoms with Crippen molar-refractivity contribution in [1.29, 1.82) is 0 Å². The Morgan fingerprint density at radius 2 is 0.844 bits per heavy atom. The Morgan fingerprint density at radius 1 is 0.389 bits per heavy atom. The van der Waals surface area contributed by atoms with Crippen molar-refractivity contribution in [2.75, 3.05) is 21.3 Å². The summed E-state index contributed by atoms with van der Waals surface area (Å²) in [5.41, 5.74) is -2.28. The van der Waals surface area contributed by atoms with Gasteiger partial charge in [0.25, 0.3) is 47.2 Å². The van der Waals surface area contributed by atoms with Crippen LogP contribution in [0.5, 0.6) is 0 Å². The summed E-state index contributed by atoms with van der Waals surface area (Å²) in [4.78, 5) is 56.0. The molecule has 23 nitrogen and oxygen atoms in total. The number of hydrogen-bond acceptors (Lipinski definition) is 24. The predicted octanol–water partition coefficient (Wildman–Crippen LogP) is 14.7. The summed E-state index contributed by atoms with van der Waals surface area (Å²) >= 11 is 5.85. The van der Waals surface area contributed by atoms with Crippen LogP contribution in [0.25, 0.3) is 43.1 Å². The third-order valence-electron chi connectivity index (χ3n) is 10.4. The maximum atomic E-state index is 12.5. The Bertz CT molecular complexity index is 4030. The molecule has 0 aliphatic rings. The van der Waals surface area contributed by atoms with E-state index in [9.17, 15) is 71.9 Å². The zero-order chi connectivity index (χ0) is 64.4. The van der Waals surface area contributed by atoms with Crippen LogP contribution in [0.1, 0.15) is 63.0 Å². The third-order valence-corrected chi connectivity index (χ3v) is 14.9. The molecule has 12 heterocycles. The van der Waals surface area contributed by atoms with Gasteiger partial charge in [0.1, 0.15) is 16.3 Å². The Morgan fingerprint density at radius 3 is 1.20 bits per heavy atom. The van der Waals surface area contributed by atoms with E-state index in [4.69, 9.17) is 17.7 Å². The van der Waals surface area contributed by atoms with Crippen molar-refractivity contribution in [3.8, 4) is 43.1 Å². The molecule has 12 aromatic heterocycles. The van der Waals surface area contributed by atoms with Gasteiger partial charge in [0.15, 0.2) is 5.76 Å². The fraction of sp³-hybridized carbons (Fsp3) is 0.0800. The number of carbonyl (C=O) groups is 4. The molecular formula is C50H26F12N14O9S5. The first-order valence-corrected chi connectivity index (χ1v) is 28.2. The average Bonchev–Trinajstić information content (AvgIpc) is 2.29. The molecule has 12 rings (SSSR count). The number of halogens is 12. The first-order valence-electron chi connectivity index (χ1n) is 23.9. The number of carbonyl (C=O) groups excluding carboxylic acids is 4. The lowest BCUT2D eigenvalue weighted by atomic mass is 10.2. The van der Waals surface area contributed by atoms with E-state index in [1.54, 1.807) is 53.9 Å². The fourth-order valence-corrected chi connectivity index (χ4v) is 9.70. The third kappa shape index (κ3) is 17.0. The average molecular weight is 1360 g/mol. The zero-order valence-electron chi connectivity index (χ0n) is 43.4. The molecule has 0 saturated heterocycles. The normalized spacial score (nSPS) is 11.5. The summed E-state index contributed by atoms with van der Waals surface area (Å²) in [6.07, 6.45) is -16.8. The van der Waals surface area contributed by atoms with E-state index >= 15 is 0 Å². The summed E-state index contributed by atoms with van der Waals surface area (Å²) in [5.74, 6) is -3.98. The second-order valence-electron chi connectivity index (χ2n) is 16.6. The highest BCUT2D eigenvalue weighted by atomic mass is 32.1. The molecule has 0 aromatic carbocycles. The lowest BCUT2D eigenvalue weighted by molar-refractivity contribution is -0.153. The number of furan rings is 1. The molecule has 0 radical (unpaired) electrons. The smallest absolute Gasteiger partial charge is 0.446 e. The molecule has 0 bridgehead atoms. The highest BCUT2D eigenvalue weighted by Gasteiger charge is 2.37. The first-order chi connectivity index (χ1) is 42.7. The highest BCUT2D eigenvalue weighted by molar-refractivity contribution is 7.14. The molecule has 4 N–H and O–H groups in total. The van der Waals surface area contributed by atoms with Crippen molar-refractivity contribution in [1.82, 2.24) is 50.8 Å². The molecular weight excluding hydrogens is 1330 g/mol. The molecule has 12 aromatic rings. The van der Waals surface area contributed by atoms with Gasteiger partial charge in [-0.3, -0.25) is 50.4 Å². The molecule has 0 spiro atoms. The minimum atomic E-state index is -4.66. The van der Waals surface area contributed by atoms with E-state index in [2.05, 4.69) is 76.4 Å². The van der Waals surface area contributed by atoms with E-state index in [0.29, 0.717) is 28.5 Å². The number of hydrogen-bond donors (Lipinski definition) is 4. The van der Waals surface area contributed by atoms with E-state index < -0.39 is 76.0 Å². The van der Waals surface area contributed by atoms with E-state index in [1.165, 1.54) is 45.3 Å². The Kier molecular flexibility index (Phi) is 19.5. The van der Waals surface area contributed by atoms with Crippen molar-refractivity contribution in [2.45, 2.75) is 24.7 Å². The molecule has 0 unspecified atom stereocenters. The summed E-state index contributed by atoms with van der Waals surface area (Å²) in [7, 11) is 0. The SMILES string of the molecule is O=C(Nc1nnc(-c2cccs2)o1)c1ccc(C(F)(F)F)cn1.O=C(Nc1nnc(-c2cccs2)o1)c1ccc(C(F)(F)F)nc1.O=C(Nc1nnc(-c2cccs2)o1)c1ccc(C(F)(F)F)o1.O=C(Nc1nnc(-c2cccs2)o1)c1ccc(C(F)(F)F)s1. The van der Waals surface area contributed by atoms with Crippen LogP contribution in [0, 0.1) is 0 Å². The molecule has 0 atom stereocenters. The van der Waals surface area contributed by atoms with Crippen LogP contribution in [0.4, 0.5) is 76.7 Å². The van der Waals surface area contributed by atoms with Gasteiger partial charge in [0.2, 0.25) is 5.76 Å². The number of amides is 4. The zero-order valence-corrected chi connectivity index (χ0v) is 47.5. The van der Waals surface area contributed by atoms with Gasteiger partial charge >= 0.3 is 48.8 Å². The van der Waals surface area contributed by atoms with Crippen LogP contribution < -0.4 is 21.3 Å². The van der Waals surface area contributed by atoms with E-state index in [-0.39, 0.29) is 63.8 Å². The van der Waals surface area contributed by atoms with Crippen molar-refractivity contribution in [2.24, 2.45) is 0 Å². The summed E-state index contributed by atoms with van der Waals surface area (Å²) in [5, 5.41) is 45.8. The van der Waals surface area contributed by atoms with Crippen molar-refractivity contribution in [3.05, 3.63) is 175 Å². The maximum Gasteiger partial charge on any atom is 0.449 e. The molecule has 40 heteroatoms. The molecule has 0 aliphatic heterocycles. The second-order valence-corrected chi connectivity index (χ2v) is 21.4. The topological polar surface area (TPSA) is 311 Å². The summed E-state index contributed by atoms with van der Waals surface area (Å²) in [6.45, 7) is 0. The molecule has 0 fully saturated rings. The standard InChI is InChI=1S/2C13H7F3N4O2S.C12H6F3N3O3S.C12H6F3N3O2S2/c14-13(15,16)7-3-4-8(17-6-7)10(21)18-12-20-19-11(22-12)9-2-1-5-23-9;14-13(15,16)9-4-3-7(6-17-9)10(21)18-12-20-19-11(22-12)8-2-1-5-23-8;13-12(14,15)8-4-3-6(20-8)9(19)16-11-18-17-10(21-11)7-2-1-5-22-7;13-12(14,15)8-4-3-6(22-8)9(19)16-11-18-17-10(20-11)7-2-1-5-21-7/h2*1-6H,(H,18,20,21);2*1-5H,(H,16,18,19). The second kappa shape index (κ2) is 27.4. The molecule has 0 saturated carbocycles. The largest absolute Gasteiger partial charge is 0.449 e. The summed E-state index contributed by atoms with van der Waals surface area (Å²) in [6, 6.07) is 20.5. The van der Waals surface area contributed by atoms with Gasteiger partial charge in [-0.1, -0.05) is 44.7 Å². The van der Waals surface area contributed by atoms with Crippen LogP contribution in [0.3, 0.4) is 0 Å². The number of alkyl halides is 12. The van der Waals surface area contributed by atoms with Gasteiger partial charge in [0.05, 0.1) is 35.5 Å². The minimum absolute atomic E-state index is 0.0612. The van der Waals surface area contributed by atoms with Gasteiger partial charge in [-0.25, -0.2) is 0 Å². The first kappa shape index (κ1) is 64.2. The van der Waals surface area contributed by atoms with E-state index in [0.717, 1.165) is 63.3 Å². The number of nitrogens with one attached hydrogen (secondary N) is 4. The minimum Gasteiger partial charge on any atom is -0.446 e. The van der Waals surface area contributed by atoms with Crippen LogP contribution >= 0.6 is 56.7 Å². The number of rotatable bonds is 12. The Labute approximate surface area is 510 Å². The highest BCUT2D eigenvalue weighted by Crippen LogP contribution is 2.36. The van der Waals surface area contributed by atoms with Gasteiger partial charge < -0.3 is 22.1 Å². The van der Waals surface area contributed by atoms with Gasteiger partial charge in [-0.2, -0.15) is 52.7 Å². The van der Waals surface area contributed by atoms with Crippen LogP contribution in [-0.2, 0) is 24.7 Å². The Hall–Kier alpha value is -10.3. The van der Waals surface area contributed by atoms with Crippen molar-refractivity contribution in [3.63, 3.8) is 0 Å². The lowest BCUT2D eigenvalue weighted by Gasteiger charge is -2.06. The van der Waals surface area contributed by atoms with Crippen LogP contribution in [-0.4, -0.2) is 74.4 Å². The lowest BCUT2D eigenvalue weighted by Crippen LogP contribution is -2.15. The quantitative estimate of drug-likeness (QED) is 0.0826. The number of nitrogens with zero attached hydrogens (tertiary/aromatic N) is 10. The monoisotopic (exact) mass is 1350 g/mol. The van der Waals surface area contributed by atoms with Crippen molar-refractivity contribution >= 4 is 104 Å². The van der Waals surface area contributed by atoms with Gasteiger partial charge in [-0.05, 0) is 94.3 Å². The fourth-order valence-electron chi connectivity index (χ4n) is 6.36. The van der Waals surface area contributed by atoms with E-state index in [1.807, 2.05) is 16.1 Å². The number of anilines is 4.